The minimum Gasteiger partial charge on any atom is -0.329 e. The fourth-order valence-electron chi connectivity index (χ4n) is 3.80. The Labute approximate surface area is 127 Å². The van der Waals surface area contributed by atoms with E-state index >= 15 is 0 Å². The highest BCUT2D eigenvalue weighted by Crippen LogP contribution is 2.44. The third-order valence-corrected chi connectivity index (χ3v) is 6.22. The average molecular weight is 283 g/mol. The van der Waals surface area contributed by atoms with Crippen LogP contribution in [0.5, 0.6) is 0 Å². The summed E-state index contributed by atoms with van der Waals surface area (Å²) in [6.45, 7) is 11.5. The van der Waals surface area contributed by atoms with Gasteiger partial charge < -0.3 is 5.73 Å². The van der Waals surface area contributed by atoms with E-state index in [9.17, 15) is 0 Å². The summed E-state index contributed by atoms with van der Waals surface area (Å²) in [5.41, 5.74) is 6.98. The van der Waals surface area contributed by atoms with Crippen LogP contribution >= 0.6 is 0 Å². The van der Waals surface area contributed by atoms with Crippen molar-refractivity contribution in [3.63, 3.8) is 0 Å². The lowest BCUT2D eigenvalue weighted by molar-refractivity contribution is 0.0314. The van der Waals surface area contributed by atoms with E-state index in [0.717, 1.165) is 12.5 Å². The summed E-state index contributed by atoms with van der Waals surface area (Å²) in [7, 11) is 2.30. The number of hydrogen-bond donors (Lipinski definition) is 1. The van der Waals surface area contributed by atoms with Gasteiger partial charge in [-0.05, 0) is 57.0 Å². The Morgan fingerprint density at radius 1 is 1.15 bits per heavy atom. The van der Waals surface area contributed by atoms with E-state index in [2.05, 4.69) is 39.6 Å². The van der Waals surface area contributed by atoms with Crippen LogP contribution in [0.2, 0.25) is 0 Å². The molecule has 0 aliphatic heterocycles. The molecular formula is C18H38N2. The molecule has 0 saturated heterocycles. The summed E-state index contributed by atoms with van der Waals surface area (Å²) in [5.74, 6) is 0.885. The number of nitrogens with two attached hydrogens (primary N) is 1. The zero-order chi connectivity index (χ0) is 15.2. The van der Waals surface area contributed by atoms with E-state index in [-0.39, 0.29) is 5.54 Å². The van der Waals surface area contributed by atoms with Gasteiger partial charge in [-0.15, -0.1) is 0 Å². The van der Waals surface area contributed by atoms with Crippen molar-refractivity contribution in [3.05, 3.63) is 0 Å². The summed E-state index contributed by atoms with van der Waals surface area (Å²) in [4.78, 5) is 2.58. The van der Waals surface area contributed by atoms with Crippen molar-refractivity contribution in [2.45, 2.75) is 84.6 Å². The van der Waals surface area contributed by atoms with Crippen LogP contribution in [0.15, 0.2) is 0 Å². The molecule has 0 atom stereocenters. The Hall–Kier alpha value is -0.0800. The molecule has 1 aliphatic rings. The van der Waals surface area contributed by atoms with Crippen LogP contribution in [0.1, 0.15) is 79.1 Å². The number of rotatable bonds is 8. The maximum Gasteiger partial charge on any atom is 0.0328 e. The molecular weight excluding hydrogens is 244 g/mol. The van der Waals surface area contributed by atoms with Crippen molar-refractivity contribution in [3.8, 4) is 0 Å². The Kier molecular flexibility index (Phi) is 7.00. The third-order valence-electron chi connectivity index (χ3n) is 6.22. The topological polar surface area (TPSA) is 29.3 Å². The second kappa shape index (κ2) is 7.79. The monoisotopic (exact) mass is 282 g/mol. The summed E-state index contributed by atoms with van der Waals surface area (Å²) in [6.07, 6.45) is 10.6. The van der Waals surface area contributed by atoms with Gasteiger partial charge in [0.2, 0.25) is 0 Å². The van der Waals surface area contributed by atoms with E-state index in [4.69, 9.17) is 5.73 Å². The molecule has 2 N–H and O–H groups in total. The summed E-state index contributed by atoms with van der Waals surface area (Å²) >= 11 is 0. The van der Waals surface area contributed by atoms with Crippen LogP contribution in [0.25, 0.3) is 0 Å². The largest absolute Gasteiger partial charge is 0.329 e. The summed E-state index contributed by atoms with van der Waals surface area (Å²) < 4.78 is 0. The first-order valence-corrected chi connectivity index (χ1v) is 8.83. The van der Waals surface area contributed by atoms with Gasteiger partial charge in [-0.25, -0.2) is 0 Å². The van der Waals surface area contributed by atoms with Crippen LogP contribution < -0.4 is 5.73 Å². The van der Waals surface area contributed by atoms with Crippen LogP contribution in [0, 0.1) is 11.3 Å². The van der Waals surface area contributed by atoms with Gasteiger partial charge in [0.05, 0.1) is 0 Å². The van der Waals surface area contributed by atoms with E-state index in [0.29, 0.717) is 5.41 Å². The fourth-order valence-corrected chi connectivity index (χ4v) is 3.80. The minimum atomic E-state index is 0.286. The highest BCUT2D eigenvalue weighted by molar-refractivity contribution is 4.97. The maximum absolute atomic E-state index is 6.19. The van der Waals surface area contributed by atoms with Crippen LogP contribution in [0.4, 0.5) is 0 Å². The molecule has 0 unspecified atom stereocenters. The van der Waals surface area contributed by atoms with Crippen LogP contribution in [0.3, 0.4) is 0 Å². The zero-order valence-corrected chi connectivity index (χ0v) is 14.7. The second-order valence-corrected chi connectivity index (χ2v) is 7.67. The number of likely N-dealkylation sites (N-methyl/N-ethyl adjacent to an activating group) is 1. The van der Waals surface area contributed by atoms with Crippen molar-refractivity contribution in [2.75, 3.05) is 20.1 Å². The fraction of sp³-hybridized carbons (Fsp3) is 1.00. The molecule has 120 valence electrons. The van der Waals surface area contributed by atoms with Gasteiger partial charge in [0, 0.05) is 12.1 Å². The van der Waals surface area contributed by atoms with E-state index in [1.54, 1.807) is 0 Å². The van der Waals surface area contributed by atoms with Crippen molar-refractivity contribution >= 4 is 0 Å². The first kappa shape index (κ1) is 18.0. The Morgan fingerprint density at radius 3 is 2.20 bits per heavy atom. The SMILES string of the molecule is CCCCCN(C)C1(CN)CCC(C(C)(C)CC)CC1. The first-order chi connectivity index (χ1) is 9.41. The molecule has 0 heterocycles. The average Bonchev–Trinajstić information content (AvgIpc) is 2.47. The maximum atomic E-state index is 6.19. The molecule has 1 rings (SSSR count). The molecule has 2 nitrogen and oxygen atoms in total. The van der Waals surface area contributed by atoms with Gasteiger partial charge in [0.1, 0.15) is 0 Å². The Bertz CT molecular complexity index is 265. The quantitative estimate of drug-likeness (QED) is 0.667. The van der Waals surface area contributed by atoms with Crippen molar-refractivity contribution in [1.29, 1.82) is 0 Å². The smallest absolute Gasteiger partial charge is 0.0328 e. The lowest BCUT2D eigenvalue weighted by Crippen LogP contribution is -2.55. The lowest BCUT2D eigenvalue weighted by Gasteiger charge is -2.49. The standard InChI is InChI=1S/C18H38N2/c1-6-8-9-14-20(5)18(15-19)12-10-16(11-13-18)17(3,4)7-2/h16H,6-15,19H2,1-5H3. The molecule has 1 saturated carbocycles. The van der Waals surface area contributed by atoms with Crippen molar-refractivity contribution in [1.82, 2.24) is 4.90 Å². The molecule has 0 bridgehead atoms. The highest BCUT2D eigenvalue weighted by Gasteiger charge is 2.40. The van der Waals surface area contributed by atoms with Gasteiger partial charge in [0.15, 0.2) is 0 Å². The van der Waals surface area contributed by atoms with E-state index in [1.165, 1.54) is 57.9 Å². The van der Waals surface area contributed by atoms with Gasteiger partial charge >= 0.3 is 0 Å². The van der Waals surface area contributed by atoms with Gasteiger partial charge in [0.25, 0.3) is 0 Å². The lowest BCUT2D eigenvalue weighted by atomic mass is 9.65. The second-order valence-electron chi connectivity index (χ2n) is 7.67. The Balaban J connectivity index is 2.57. The first-order valence-electron chi connectivity index (χ1n) is 8.83. The number of unbranched alkanes of at least 4 members (excludes halogenated alkanes) is 2. The molecule has 0 amide bonds. The molecule has 0 aromatic carbocycles. The van der Waals surface area contributed by atoms with Crippen LogP contribution in [-0.2, 0) is 0 Å². The molecule has 1 fully saturated rings. The summed E-state index contributed by atoms with van der Waals surface area (Å²) in [6, 6.07) is 0. The van der Waals surface area contributed by atoms with E-state index in [1.807, 2.05) is 0 Å². The van der Waals surface area contributed by atoms with Crippen molar-refractivity contribution in [2.24, 2.45) is 17.1 Å². The van der Waals surface area contributed by atoms with Crippen molar-refractivity contribution < 1.29 is 0 Å². The Morgan fingerprint density at radius 2 is 1.75 bits per heavy atom. The summed E-state index contributed by atoms with van der Waals surface area (Å²) in [5, 5.41) is 0. The minimum absolute atomic E-state index is 0.286. The van der Waals surface area contributed by atoms with E-state index < -0.39 is 0 Å². The normalized spacial score (nSPS) is 28.1. The highest BCUT2D eigenvalue weighted by atomic mass is 15.2. The third kappa shape index (κ3) is 4.21. The molecule has 2 heteroatoms. The molecule has 0 aromatic rings. The van der Waals surface area contributed by atoms with Gasteiger partial charge in [-0.3, -0.25) is 4.90 Å². The van der Waals surface area contributed by atoms with Gasteiger partial charge in [-0.2, -0.15) is 0 Å². The number of hydrogen-bond acceptors (Lipinski definition) is 2. The molecule has 0 aromatic heterocycles. The zero-order valence-electron chi connectivity index (χ0n) is 14.7. The molecule has 0 radical (unpaired) electrons. The molecule has 1 aliphatic carbocycles. The molecule has 20 heavy (non-hydrogen) atoms. The van der Waals surface area contributed by atoms with Gasteiger partial charge in [-0.1, -0.05) is 47.0 Å². The van der Waals surface area contributed by atoms with Crippen LogP contribution in [-0.4, -0.2) is 30.6 Å². The predicted octanol–water partition coefficient (Wildman–Crippen LogP) is 4.43. The molecule has 0 spiro atoms. The predicted molar refractivity (Wildman–Crippen MR) is 90.0 cm³/mol. The number of nitrogens with zero attached hydrogens (tertiary/aromatic N) is 1.